The highest BCUT2D eigenvalue weighted by atomic mass is 16.5. The molecule has 0 atom stereocenters. The van der Waals surface area contributed by atoms with Crippen LogP contribution in [0.2, 0.25) is 0 Å². The van der Waals surface area contributed by atoms with E-state index in [2.05, 4.69) is 5.32 Å². The van der Waals surface area contributed by atoms with E-state index < -0.39 is 11.7 Å². The average molecular weight is 322 g/mol. The summed E-state index contributed by atoms with van der Waals surface area (Å²) < 4.78 is 7.07. The van der Waals surface area contributed by atoms with Gasteiger partial charge in [-0.2, -0.15) is 0 Å². The van der Waals surface area contributed by atoms with Crippen molar-refractivity contribution in [1.29, 1.82) is 0 Å². The van der Waals surface area contributed by atoms with Gasteiger partial charge in [0, 0.05) is 24.1 Å². The summed E-state index contributed by atoms with van der Waals surface area (Å²) in [5.41, 5.74) is 2.74. The molecule has 2 aromatic carbocycles. The minimum absolute atomic E-state index is 0.386. The Morgan fingerprint density at radius 1 is 1.12 bits per heavy atom. The lowest BCUT2D eigenvalue weighted by molar-refractivity contribution is -0.112. The third kappa shape index (κ3) is 2.76. The van der Waals surface area contributed by atoms with Crippen LogP contribution in [-0.4, -0.2) is 23.4 Å². The first-order chi connectivity index (χ1) is 11.5. The van der Waals surface area contributed by atoms with E-state index in [1.807, 2.05) is 48.9 Å². The molecule has 122 valence electrons. The number of benzene rings is 2. The second-order valence-corrected chi connectivity index (χ2v) is 5.66. The number of nitrogens with zero attached hydrogens (tertiary/aromatic N) is 1. The molecule has 3 rings (SSSR count). The number of ketones is 1. The third-order valence-electron chi connectivity index (χ3n) is 3.95. The molecule has 0 bridgehead atoms. The van der Waals surface area contributed by atoms with E-state index >= 15 is 0 Å². The maximum atomic E-state index is 12.6. The molecule has 0 aliphatic rings. The summed E-state index contributed by atoms with van der Waals surface area (Å²) in [6.07, 6.45) is 1.68. The fourth-order valence-corrected chi connectivity index (χ4v) is 2.74. The zero-order valence-corrected chi connectivity index (χ0v) is 13.8. The molecule has 5 nitrogen and oxygen atoms in total. The van der Waals surface area contributed by atoms with Crippen LogP contribution in [0.25, 0.3) is 10.9 Å². The molecular weight excluding hydrogens is 304 g/mol. The van der Waals surface area contributed by atoms with Crippen LogP contribution in [0.1, 0.15) is 15.9 Å². The van der Waals surface area contributed by atoms with Gasteiger partial charge in [-0.25, -0.2) is 0 Å². The second kappa shape index (κ2) is 6.20. The molecule has 3 aromatic rings. The van der Waals surface area contributed by atoms with Gasteiger partial charge in [0.1, 0.15) is 5.75 Å². The van der Waals surface area contributed by atoms with Crippen molar-refractivity contribution >= 4 is 28.3 Å². The number of ether oxygens (including phenoxy) is 1. The van der Waals surface area contributed by atoms with E-state index in [-0.39, 0.29) is 0 Å². The Labute approximate surface area is 139 Å². The highest BCUT2D eigenvalue weighted by Gasteiger charge is 2.22. The summed E-state index contributed by atoms with van der Waals surface area (Å²) >= 11 is 0. The first-order valence-corrected chi connectivity index (χ1v) is 7.55. The van der Waals surface area contributed by atoms with E-state index in [9.17, 15) is 9.59 Å². The van der Waals surface area contributed by atoms with E-state index in [4.69, 9.17) is 4.74 Å². The van der Waals surface area contributed by atoms with Crippen LogP contribution in [0.15, 0.2) is 48.7 Å². The van der Waals surface area contributed by atoms with Gasteiger partial charge in [-0.05, 0) is 30.7 Å². The van der Waals surface area contributed by atoms with Gasteiger partial charge in [0.05, 0.1) is 18.4 Å². The van der Waals surface area contributed by atoms with Crippen molar-refractivity contribution in [2.75, 3.05) is 12.4 Å². The lowest BCUT2D eigenvalue weighted by Gasteiger charge is -2.10. The number of amides is 1. The van der Waals surface area contributed by atoms with Gasteiger partial charge in [-0.15, -0.1) is 0 Å². The second-order valence-electron chi connectivity index (χ2n) is 5.66. The quantitative estimate of drug-likeness (QED) is 0.592. The normalized spacial score (nSPS) is 10.6. The summed E-state index contributed by atoms with van der Waals surface area (Å²) in [5.74, 6) is -0.745. The number of methoxy groups -OCH3 is 1. The van der Waals surface area contributed by atoms with Crippen molar-refractivity contribution in [1.82, 2.24) is 4.57 Å². The van der Waals surface area contributed by atoms with Crippen molar-refractivity contribution in [3.05, 3.63) is 59.8 Å². The van der Waals surface area contributed by atoms with Crippen molar-refractivity contribution in [3.8, 4) is 5.75 Å². The minimum Gasteiger partial charge on any atom is -0.495 e. The number of rotatable bonds is 4. The Bertz CT molecular complexity index is 941. The smallest absolute Gasteiger partial charge is 0.296 e. The van der Waals surface area contributed by atoms with Crippen LogP contribution >= 0.6 is 0 Å². The molecule has 1 N–H and O–H groups in total. The number of aromatic nitrogens is 1. The average Bonchev–Trinajstić information content (AvgIpc) is 2.92. The molecule has 0 radical (unpaired) electrons. The number of nitrogens with one attached hydrogen (secondary N) is 1. The largest absolute Gasteiger partial charge is 0.495 e. The van der Waals surface area contributed by atoms with Crippen LogP contribution in [0.3, 0.4) is 0 Å². The summed E-state index contributed by atoms with van der Waals surface area (Å²) in [4.78, 5) is 25.0. The highest BCUT2D eigenvalue weighted by molar-refractivity contribution is 6.48. The standard InChI is InChI=1S/C19H18N2O3/c1-12-8-9-17(24-3)15(10-12)20-19(23)18(22)14-11-21(2)16-7-5-4-6-13(14)16/h4-11H,1-3H3,(H,20,23). The van der Waals surface area contributed by atoms with Crippen molar-refractivity contribution < 1.29 is 14.3 Å². The maximum absolute atomic E-state index is 12.6. The van der Waals surface area contributed by atoms with E-state index in [1.165, 1.54) is 7.11 Å². The van der Waals surface area contributed by atoms with E-state index in [1.54, 1.807) is 18.3 Å². The summed E-state index contributed by atoms with van der Waals surface area (Å²) in [5, 5.41) is 3.41. The van der Waals surface area contributed by atoms with Crippen LogP contribution in [0, 0.1) is 6.92 Å². The van der Waals surface area contributed by atoms with Gasteiger partial charge in [0.2, 0.25) is 0 Å². The Morgan fingerprint density at radius 2 is 1.88 bits per heavy atom. The van der Waals surface area contributed by atoms with Crippen molar-refractivity contribution in [3.63, 3.8) is 0 Å². The van der Waals surface area contributed by atoms with Crippen LogP contribution in [0.4, 0.5) is 5.69 Å². The van der Waals surface area contributed by atoms with Gasteiger partial charge in [-0.3, -0.25) is 9.59 Å². The first kappa shape index (κ1) is 15.8. The number of carbonyl (C=O) groups is 2. The maximum Gasteiger partial charge on any atom is 0.296 e. The Balaban J connectivity index is 1.93. The molecule has 1 aromatic heterocycles. The van der Waals surface area contributed by atoms with Crippen molar-refractivity contribution in [2.45, 2.75) is 6.92 Å². The fraction of sp³-hybridized carbons (Fsp3) is 0.158. The number of hydrogen-bond acceptors (Lipinski definition) is 3. The van der Waals surface area contributed by atoms with Gasteiger partial charge >= 0.3 is 0 Å². The molecule has 1 heterocycles. The minimum atomic E-state index is -0.685. The predicted molar refractivity (Wildman–Crippen MR) is 93.6 cm³/mol. The van der Waals surface area contributed by atoms with E-state index in [0.717, 1.165) is 16.5 Å². The SMILES string of the molecule is COc1ccc(C)cc1NC(=O)C(=O)c1cn(C)c2ccccc12. The Morgan fingerprint density at radius 3 is 2.62 bits per heavy atom. The summed E-state index contributed by atoms with van der Waals surface area (Å²) in [6, 6.07) is 12.9. The lowest BCUT2D eigenvalue weighted by Crippen LogP contribution is -2.23. The Hall–Kier alpha value is -3.08. The number of Topliss-reactive ketones (excluding diaryl/α,β-unsaturated/α-hetero) is 1. The predicted octanol–water partition coefficient (Wildman–Crippen LogP) is 3.32. The molecule has 0 saturated heterocycles. The lowest BCUT2D eigenvalue weighted by atomic mass is 10.1. The highest BCUT2D eigenvalue weighted by Crippen LogP contribution is 2.26. The van der Waals surface area contributed by atoms with Gasteiger partial charge in [0.15, 0.2) is 0 Å². The third-order valence-corrected chi connectivity index (χ3v) is 3.95. The molecular formula is C19H18N2O3. The van der Waals surface area contributed by atoms with Crippen LogP contribution in [0.5, 0.6) is 5.75 Å². The molecule has 24 heavy (non-hydrogen) atoms. The molecule has 0 saturated carbocycles. The molecule has 1 amide bonds. The molecule has 5 heteroatoms. The number of carbonyl (C=O) groups excluding carboxylic acids is 2. The summed E-state index contributed by atoms with van der Waals surface area (Å²) in [7, 11) is 3.37. The molecule has 0 spiro atoms. The number of anilines is 1. The van der Waals surface area contributed by atoms with Crippen LogP contribution < -0.4 is 10.1 Å². The molecule has 0 unspecified atom stereocenters. The fourth-order valence-electron chi connectivity index (χ4n) is 2.74. The first-order valence-electron chi connectivity index (χ1n) is 7.55. The zero-order chi connectivity index (χ0) is 17.3. The van der Waals surface area contributed by atoms with Gasteiger partial charge < -0.3 is 14.6 Å². The molecule has 0 fully saturated rings. The van der Waals surface area contributed by atoms with Crippen LogP contribution in [-0.2, 0) is 11.8 Å². The summed E-state index contributed by atoms with van der Waals surface area (Å²) in [6.45, 7) is 1.90. The number of hydrogen-bond donors (Lipinski definition) is 1. The van der Waals surface area contributed by atoms with Gasteiger partial charge in [0.25, 0.3) is 11.7 Å². The van der Waals surface area contributed by atoms with E-state index in [0.29, 0.717) is 17.0 Å². The number of para-hydroxylation sites is 1. The number of aryl methyl sites for hydroxylation is 2. The zero-order valence-electron chi connectivity index (χ0n) is 13.8. The Kier molecular flexibility index (Phi) is 4.08. The number of fused-ring (bicyclic) bond motifs is 1. The van der Waals surface area contributed by atoms with Crippen molar-refractivity contribution in [2.24, 2.45) is 7.05 Å². The molecule has 0 aliphatic heterocycles. The monoisotopic (exact) mass is 322 g/mol. The van der Waals surface area contributed by atoms with Gasteiger partial charge in [-0.1, -0.05) is 24.3 Å². The topological polar surface area (TPSA) is 60.3 Å². The molecule has 0 aliphatic carbocycles.